The van der Waals surface area contributed by atoms with Gasteiger partial charge >= 0.3 is 0 Å². The second-order valence-electron chi connectivity index (χ2n) is 8.20. The first-order chi connectivity index (χ1) is 11.2. The first-order valence-corrected chi connectivity index (χ1v) is 9.29. The standard InChI is InChI=1S/C19H35N3O2/c1-6-7-13-21-16(23)18(4,5)22-17(2,3)15-24-19(14-20)11-9-8-10-12-19/h22H,6-13,15H2,1-5H3,(H,21,23). The van der Waals surface area contributed by atoms with Crippen molar-refractivity contribution in [2.24, 2.45) is 0 Å². The van der Waals surface area contributed by atoms with Crippen molar-refractivity contribution in [2.75, 3.05) is 13.2 Å². The highest BCUT2D eigenvalue weighted by atomic mass is 16.5. The fourth-order valence-electron chi connectivity index (χ4n) is 3.27. The van der Waals surface area contributed by atoms with Gasteiger partial charge in [-0.15, -0.1) is 0 Å². The molecule has 0 aromatic rings. The van der Waals surface area contributed by atoms with Gasteiger partial charge in [-0.25, -0.2) is 0 Å². The van der Waals surface area contributed by atoms with E-state index in [1.165, 1.54) is 6.42 Å². The van der Waals surface area contributed by atoms with E-state index in [-0.39, 0.29) is 5.91 Å². The molecule has 1 saturated carbocycles. The minimum absolute atomic E-state index is 0.00307. The summed E-state index contributed by atoms with van der Waals surface area (Å²) < 4.78 is 6.05. The molecular formula is C19H35N3O2. The quantitative estimate of drug-likeness (QED) is 0.633. The van der Waals surface area contributed by atoms with Crippen molar-refractivity contribution in [1.82, 2.24) is 10.6 Å². The summed E-state index contributed by atoms with van der Waals surface area (Å²) in [5.74, 6) is -0.00307. The number of amides is 1. The number of carbonyl (C=O) groups excluding carboxylic acids is 1. The lowest BCUT2D eigenvalue weighted by Crippen LogP contribution is -2.61. The highest BCUT2D eigenvalue weighted by Crippen LogP contribution is 2.32. The van der Waals surface area contributed by atoms with E-state index in [0.29, 0.717) is 13.2 Å². The summed E-state index contributed by atoms with van der Waals surface area (Å²) >= 11 is 0. The number of unbranched alkanes of at least 4 members (excludes halogenated alkanes) is 1. The summed E-state index contributed by atoms with van der Waals surface area (Å²) in [4.78, 5) is 12.4. The first kappa shape index (κ1) is 20.9. The molecule has 1 aliphatic rings. The second-order valence-corrected chi connectivity index (χ2v) is 8.20. The lowest BCUT2D eigenvalue weighted by molar-refractivity contribution is -0.128. The van der Waals surface area contributed by atoms with Crippen LogP contribution in [0.3, 0.4) is 0 Å². The zero-order valence-corrected chi connectivity index (χ0v) is 16.1. The summed E-state index contributed by atoms with van der Waals surface area (Å²) in [7, 11) is 0. The van der Waals surface area contributed by atoms with Crippen molar-refractivity contribution in [2.45, 2.75) is 96.2 Å². The Bertz CT molecular complexity index is 446. The van der Waals surface area contributed by atoms with E-state index in [0.717, 1.165) is 38.5 Å². The maximum Gasteiger partial charge on any atom is 0.239 e. The van der Waals surface area contributed by atoms with Crippen LogP contribution in [-0.4, -0.2) is 35.7 Å². The number of hydrogen-bond donors (Lipinski definition) is 2. The molecule has 0 spiro atoms. The van der Waals surface area contributed by atoms with Crippen molar-refractivity contribution in [3.63, 3.8) is 0 Å². The third-order valence-corrected chi connectivity index (χ3v) is 4.61. The van der Waals surface area contributed by atoms with Crippen LogP contribution in [-0.2, 0) is 9.53 Å². The average Bonchev–Trinajstić information content (AvgIpc) is 2.53. The largest absolute Gasteiger partial charge is 0.358 e. The van der Waals surface area contributed by atoms with Gasteiger partial charge in [-0.2, -0.15) is 5.26 Å². The number of rotatable bonds is 9. The van der Waals surface area contributed by atoms with Gasteiger partial charge in [-0.3, -0.25) is 10.1 Å². The predicted octanol–water partition coefficient (Wildman–Crippen LogP) is 3.29. The molecule has 1 rings (SSSR count). The highest BCUT2D eigenvalue weighted by molar-refractivity contribution is 5.85. The van der Waals surface area contributed by atoms with Crippen LogP contribution in [0.4, 0.5) is 0 Å². The Labute approximate surface area is 147 Å². The SMILES string of the molecule is CCCCNC(=O)C(C)(C)NC(C)(C)COC1(C#N)CCCCC1. The molecule has 0 radical (unpaired) electrons. The molecule has 1 amide bonds. The van der Waals surface area contributed by atoms with E-state index in [2.05, 4.69) is 23.6 Å². The number of nitrogens with zero attached hydrogens (tertiary/aromatic N) is 1. The van der Waals surface area contributed by atoms with Crippen LogP contribution in [0.1, 0.15) is 79.6 Å². The molecule has 5 nitrogen and oxygen atoms in total. The summed E-state index contributed by atoms with van der Waals surface area (Å²) in [6.45, 7) is 11.0. The minimum Gasteiger partial charge on any atom is -0.358 e. The lowest BCUT2D eigenvalue weighted by atomic mass is 9.85. The summed E-state index contributed by atoms with van der Waals surface area (Å²) in [6, 6.07) is 2.38. The van der Waals surface area contributed by atoms with Gasteiger partial charge in [0.15, 0.2) is 5.60 Å². The van der Waals surface area contributed by atoms with E-state index >= 15 is 0 Å². The van der Waals surface area contributed by atoms with Gasteiger partial charge in [-0.05, 0) is 59.8 Å². The van der Waals surface area contributed by atoms with Crippen molar-refractivity contribution < 1.29 is 9.53 Å². The molecular weight excluding hydrogens is 302 g/mol. The van der Waals surface area contributed by atoms with E-state index < -0.39 is 16.7 Å². The van der Waals surface area contributed by atoms with Crippen molar-refractivity contribution in [3.8, 4) is 6.07 Å². The topological polar surface area (TPSA) is 74.2 Å². The van der Waals surface area contributed by atoms with Crippen LogP contribution >= 0.6 is 0 Å². The van der Waals surface area contributed by atoms with Crippen LogP contribution in [0.15, 0.2) is 0 Å². The van der Waals surface area contributed by atoms with Gasteiger partial charge in [0, 0.05) is 12.1 Å². The van der Waals surface area contributed by atoms with Gasteiger partial charge in [0.2, 0.25) is 5.91 Å². The van der Waals surface area contributed by atoms with Gasteiger partial charge in [0.1, 0.15) is 0 Å². The monoisotopic (exact) mass is 337 g/mol. The second kappa shape index (κ2) is 8.82. The maximum atomic E-state index is 12.4. The molecule has 0 aromatic heterocycles. The molecule has 0 unspecified atom stereocenters. The van der Waals surface area contributed by atoms with Crippen LogP contribution in [0.2, 0.25) is 0 Å². The molecule has 2 N–H and O–H groups in total. The summed E-state index contributed by atoms with van der Waals surface area (Å²) in [5.41, 5.74) is -1.73. The molecule has 24 heavy (non-hydrogen) atoms. The number of nitriles is 1. The Morgan fingerprint density at radius 1 is 1.21 bits per heavy atom. The Morgan fingerprint density at radius 2 is 1.83 bits per heavy atom. The van der Waals surface area contributed by atoms with Crippen molar-refractivity contribution in [3.05, 3.63) is 0 Å². The molecule has 1 aliphatic carbocycles. The fourth-order valence-corrected chi connectivity index (χ4v) is 3.27. The molecule has 0 heterocycles. The van der Waals surface area contributed by atoms with Crippen LogP contribution in [0, 0.1) is 11.3 Å². The smallest absolute Gasteiger partial charge is 0.239 e. The van der Waals surface area contributed by atoms with E-state index in [4.69, 9.17) is 4.74 Å². The molecule has 1 fully saturated rings. The average molecular weight is 338 g/mol. The first-order valence-electron chi connectivity index (χ1n) is 9.29. The van der Waals surface area contributed by atoms with Gasteiger partial charge in [0.05, 0.1) is 18.2 Å². The third-order valence-electron chi connectivity index (χ3n) is 4.61. The number of hydrogen-bond acceptors (Lipinski definition) is 4. The normalized spacial score (nSPS) is 18.0. The summed E-state index contributed by atoms with van der Waals surface area (Å²) in [5, 5.41) is 15.9. The highest BCUT2D eigenvalue weighted by Gasteiger charge is 2.38. The van der Waals surface area contributed by atoms with E-state index in [9.17, 15) is 10.1 Å². The summed E-state index contributed by atoms with van der Waals surface area (Å²) in [6.07, 6.45) is 6.93. The minimum atomic E-state index is -0.688. The van der Waals surface area contributed by atoms with Crippen molar-refractivity contribution in [1.29, 1.82) is 5.26 Å². The zero-order valence-electron chi connectivity index (χ0n) is 16.1. The zero-order chi connectivity index (χ0) is 18.3. The Hall–Kier alpha value is -1.12. The van der Waals surface area contributed by atoms with Crippen LogP contribution in [0.25, 0.3) is 0 Å². The molecule has 0 saturated heterocycles. The Balaban J connectivity index is 2.57. The Kier molecular flexibility index (Phi) is 7.69. The molecule has 0 atom stereocenters. The number of nitrogens with one attached hydrogen (secondary N) is 2. The maximum absolute atomic E-state index is 12.4. The lowest BCUT2D eigenvalue weighted by Gasteiger charge is -2.39. The van der Waals surface area contributed by atoms with E-state index in [1.54, 1.807) is 0 Å². The molecule has 0 aromatic carbocycles. The molecule has 0 aliphatic heterocycles. The number of carbonyl (C=O) groups is 1. The van der Waals surface area contributed by atoms with Gasteiger partial charge in [0.25, 0.3) is 0 Å². The predicted molar refractivity (Wildman–Crippen MR) is 96.6 cm³/mol. The van der Waals surface area contributed by atoms with Crippen LogP contribution < -0.4 is 10.6 Å². The van der Waals surface area contributed by atoms with Gasteiger partial charge < -0.3 is 10.1 Å². The van der Waals surface area contributed by atoms with Gasteiger partial charge in [-0.1, -0.05) is 19.8 Å². The Morgan fingerprint density at radius 3 is 2.38 bits per heavy atom. The van der Waals surface area contributed by atoms with Crippen molar-refractivity contribution >= 4 is 5.91 Å². The number of ether oxygens (including phenoxy) is 1. The van der Waals surface area contributed by atoms with E-state index in [1.807, 2.05) is 27.7 Å². The molecule has 5 heteroatoms. The third kappa shape index (κ3) is 6.41. The fraction of sp³-hybridized carbons (Fsp3) is 0.895. The molecule has 0 bridgehead atoms. The van der Waals surface area contributed by atoms with Crippen LogP contribution in [0.5, 0.6) is 0 Å². The molecule has 138 valence electrons.